The summed E-state index contributed by atoms with van der Waals surface area (Å²) in [7, 11) is 0. The molecule has 0 atom stereocenters. The van der Waals surface area contributed by atoms with Crippen LogP contribution in [0.15, 0.2) is 0 Å². The predicted molar refractivity (Wildman–Crippen MR) is 52.3 cm³/mol. The number of carbonyl (C=O) groups excluding carboxylic acids is 2. The van der Waals surface area contributed by atoms with Gasteiger partial charge in [-0.05, 0) is 20.8 Å². The van der Waals surface area contributed by atoms with Crippen LogP contribution in [0.25, 0.3) is 0 Å². The standard InChI is InChI=1S/C10H15F2NO3/c1-9(2,3)16-8(15)13-4-10(5-13,6-14)7(11)12/h6-7H,4-5H2,1-3H3. The van der Waals surface area contributed by atoms with Crippen molar-refractivity contribution >= 4 is 12.4 Å². The first kappa shape index (κ1) is 12.9. The normalized spacial score (nSPS) is 19.2. The van der Waals surface area contributed by atoms with E-state index in [1.165, 1.54) is 0 Å². The van der Waals surface area contributed by atoms with Gasteiger partial charge in [-0.3, -0.25) is 0 Å². The molecule has 0 N–H and O–H groups in total. The van der Waals surface area contributed by atoms with Crippen molar-refractivity contribution in [2.24, 2.45) is 5.41 Å². The van der Waals surface area contributed by atoms with E-state index in [1.807, 2.05) is 0 Å². The molecule has 92 valence electrons. The fourth-order valence-electron chi connectivity index (χ4n) is 1.38. The Balaban J connectivity index is 2.52. The van der Waals surface area contributed by atoms with Gasteiger partial charge in [0.15, 0.2) is 0 Å². The zero-order valence-electron chi connectivity index (χ0n) is 9.50. The number of carbonyl (C=O) groups is 2. The molecule has 0 radical (unpaired) electrons. The molecular formula is C10H15F2NO3. The van der Waals surface area contributed by atoms with Crippen molar-refractivity contribution in [1.82, 2.24) is 4.90 Å². The smallest absolute Gasteiger partial charge is 0.410 e. The van der Waals surface area contributed by atoms with Gasteiger partial charge >= 0.3 is 6.09 Å². The molecule has 0 saturated carbocycles. The molecule has 1 rings (SSSR count). The summed E-state index contributed by atoms with van der Waals surface area (Å²) in [5.41, 5.74) is -2.36. The fourth-order valence-corrected chi connectivity index (χ4v) is 1.38. The van der Waals surface area contributed by atoms with Gasteiger partial charge in [0.05, 0.1) is 0 Å². The molecule has 1 aliphatic heterocycles. The average Bonchev–Trinajstić information content (AvgIpc) is 1.98. The second-order valence-corrected chi connectivity index (χ2v) is 4.99. The highest BCUT2D eigenvalue weighted by molar-refractivity contribution is 5.74. The van der Waals surface area contributed by atoms with E-state index in [4.69, 9.17) is 4.74 Å². The predicted octanol–water partition coefficient (Wildman–Crippen LogP) is 1.69. The lowest BCUT2D eigenvalue weighted by atomic mass is 9.82. The second kappa shape index (κ2) is 3.99. The first-order chi connectivity index (χ1) is 7.20. The van der Waals surface area contributed by atoms with Crippen LogP contribution in [0.1, 0.15) is 20.8 Å². The van der Waals surface area contributed by atoms with Gasteiger partial charge in [-0.15, -0.1) is 0 Å². The molecule has 0 aliphatic carbocycles. The van der Waals surface area contributed by atoms with Crippen molar-refractivity contribution in [3.63, 3.8) is 0 Å². The molecule has 6 heteroatoms. The SMILES string of the molecule is CC(C)(C)OC(=O)N1CC(C=O)(C(F)F)C1. The minimum Gasteiger partial charge on any atom is -0.444 e. The summed E-state index contributed by atoms with van der Waals surface area (Å²) in [4.78, 5) is 23.1. The van der Waals surface area contributed by atoms with E-state index in [0.29, 0.717) is 0 Å². The monoisotopic (exact) mass is 235 g/mol. The van der Waals surface area contributed by atoms with E-state index in [2.05, 4.69) is 0 Å². The Hall–Kier alpha value is -1.20. The van der Waals surface area contributed by atoms with Crippen molar-refractivity contribution in [2.75, 3.05) is 13.1 Å². The minimum atomic E-state index is -2.75. The summed E-state index contributed by atoms with van der Waals surface area (Å²) in [5, 5.41) is 0. The van der Waals surface area contributed by atoms with Gasteiger partial charge in [0, 0.05) is 13.1 Å². The molecule has 16 heavy (non-hydrogen) atoms. The second-order valence-electron chi connectivity index (χ2n) is 4.99. The maximum Gasteiger partial charge on any atom is 0.410 e. The molecule has 0 aromatic carbocycles. The summed E-state index contributed by atoms with van der Waals surface area (Å²) < 4.78 is 30.0. The lowest BCUT2D eigenvalue weighted by Gasteiger charge is -2.45. The van der Waals surface area contributed by atoms with E-state index in [9.17, 15) is 18.4 Å². The topological polar surface area (TPSA) is 46.6 Å². The van der Waals surface area contributed by atoms with Gasteiger partial charge in [-0.25, -0.2) is 13.6 Å². The largest absolute Gasteiger partial charge is 0.444 e. The molecule has 1 amide bonds. The summed E-state index contributed by atoms with van der Waals surface area (Å²) in [6.07, 6.45) is -3.19. The Kier molecular flexibility index (Phi) is 3.21. The number of hydrogen-bond donors (Lipinski definition) is 0. The third-order valence-corrected chi connectivity index (χ3v) is 2.29. The molecule has 0 aromatic heterocycles. The number of hydrogen-bond acceptors (Lipinski definition) is 3. The number of amides is 1. The Morgan fingerprint density at radius 3 is 2.25 bits per heavy atom. The number of alkyl halides is 2. The summed E-state index contributed by atoms with van der Waals surface area (Å²) in [5.74, 6) is 0. The molecule has 1 heterocycles. The van der Waals surface area contributed by atoms with Crippen molar-refractivity contribution in [3.05, 3.63) is 0 Å². The molecule has 0 unspecified atom stereocenters. The zero-order chi connectivity index (χ0) is 12.6. The average molecular weight is 235 g/mol. The highest BCUT2D eigenvalue weighted by atomic mass is 19.3. The van der Waals surface area contributed by atoms with Crippen LogP contribution < -0.4 is 0 Å². The quantitative estimate of drug-likeness (QED) is 0.684. The Labute approximate surface area is 92.5 Å². The number of likely N-dealkylation sites (tertiary alicyclic amines) is 1. The van der Waals surface area contributed by atoms with Gasteiger partial charge in [0.1, 0.15) is 17.3 Å². The molecule has 0 bridgehead atoms. The lowest BCUT2D eigenvalue weighted by Crippen LogP contribution is -2.63. The number of ether oxygens (including phenoxy) is 1. The Morgan fingerprint density at radius 1 is 1.44 bits per heavy atom. The number of nitrogens with zero attached hydrogens (tertiary/aromatic N) is 1. The summed E-state index contributed by atoms with van der Waals surface area (Å²) in [6, 6.07) is 0. The van der Waals surface area contributed by atoms with Crippen LogP contribution in [0.5, 0.6) is 0 Å². The Morgan fingerprint density at radius 2 is 1.94 bits per heavy atom. The maximum atomic E-state index is 12.5. The molecule has 1 saturated heterocycles. The number of aldehydes is 1. The van der Waals surface area contributed by atoms with Crippen LogP contribution in [-0.4, -0.2) is 42.4 Å². The molecule has 0 aromatic rings. The van der Waals surface area contributed by atoms with Crippen LogP contribution in [0.4, 0.5) is 13.6 Å². The summed E-state index contributed by atoms with van der Waals surface area (Å²) in [6.45, 7) is 4.51. The molecular weight excluding hydrogens is 220 g/mol. The van der Waals surface area contributed by atoms with Crippen molar-refractivity contribution in [2.45, 2.75) is 32.8 Å². The van der Waals surface area contributed by atoms with Crippen LogP contribution in [-0.2, 0) is 9.53 Å². The van der Waals surface area contributed by atoms with Crippen LogP contribution in [0.3, 0.4) is 0 Å². The van der Waals surface area contributed by atoms with Crippen molar-refractivity contribution in [3.8, 4) is 0 Å². The zero-order valence-corrected chi connectivity index (χ0v) is 9.50. The highest BCUT2D eigenvalue weighted by Gasteiger charge is 2.53. The highest BCUT2D eigenvalue weighted by Crippen LogP contribution is 2.35. The van der Waals surface area contributed by atoms with E-state index < -0.39 is 23.5 Å². The van der Waals surface area contributed by atoms with E-state index >= 15 is 0 Å². The lowest BCUT2D eigenvalue weighted by molar-refractivity contribution is -0.144. The molecule has 1 aliphatic rings. The van der Waals surface area contributed by atoms with E-state index in [-0.39, 0.29) is 19.4 Å². The Bertz CT molecular complexity index is 293. The van der Waals surface area contributed by atoms with Gasteiger partial charge in [0.2, 0.25) is 0 Å². The number of halogens is 2. The first-order valence-electron chi connectivity index (χ1n) is 4.93. The van der Waals surface area contributed by atoms with E-state index in [1.54, 1.807) is 20.8 Å². The first-order valence-corrected chi connectivity index (χ1v) is 4.93. The molecule has 0 spiro atoms. The third-order valence-electron chi connectivity index (χ3n) is 2.29. The third kappa shape index (κ3) is 2.48. The van der Waals surface area contributed by atoms with Gasteiger partial charge in [-0.2, -0.15) is 0 Å². The van der Waals surface area contributed by atoms with Crippen molar-refractivity contribution < 1.29 is 23.1 Å². The van der Waals surface area contributed by atoms with E-state index in [0.717, 1.165) is 4.90 Å². The minimum absolute atomic E-state index is 0.221. The van der Waals surface area contributed by atoms with Gasteiger partial charge in [-0.1, -0.05) is 0 Å². The molecule has 1 fully saturated rings. The van der Waals surface area contributed by atoms with Gasteiger partial charge < -0.3 is 14.4 Å². The number of rotatable bonds is 2. The van der Waals surface area contributed by atoms with Crippen LogP contribution >= 0.6 is 0 Å². The maximum absolute atomic E-state index is 12.5. The van der Waals surface area contributed by atoms with Gasteiger partial charge in [0.25, 0.3) is 6.43 Å². The summed E-state index contributed by atoms with van der Waals surface area (Å²) >= 11 is 0. The van der Waals surface area contributed by atoms with Crippen molar-refractivity contribution in [1.29, 1.82) is 0 Å². The molecule has 4 nitrogen and oxygen atoms in total. The van der Waals surface area contributed by atoms with Crippen LogP contribution in [0.2, 0.25) is 0 Å². The fraction of sp³-hybridized carbons (Fsp3) is 0.800. The van der Waals surface area contributed by atoms with Crippen LogP contribution in [0, 0.1) is 5.41 Å².